The first kappa shape index (κ1) is 12.3. The maximum absolute atomic E-state index is 12.2. The first-order chi connectivity index (χ1) is 8.50. The second kappa shape index (κ2) is 4.59. The van der Waals surface area contributed by atoms with Crippen molar-refractivity contribution in [2.75, 3.05) is 0 Å². The molecule has 0 aliphatic rings. The van der Waals surface area contributed by atoms with Gasteiger partial charge >= 0.3 is 12.1 Å². The Bertz CT molecular complexity index is 546. The summed E-state index contributed by atoms with van der Waals surface area (Å²) in [5, 5.41) is 3.25. The highest BCUT2D eigenvalue weighted by atomic mass is 19.4. The van der Waals surface area contributed by atoms with Crippen LogP contribution in [-0.2, 0) is 17.4 Å². The van der Waals surface area contributed by atoms with Gasteiger partial charge in [-0.05, 0) is 5.56 Å². The summed E-state index contributed by atoms with van der Waals surface area (Å²) in [6, 6.07) is 6.30. The lowest BCUT2D eigenvalue weighted by Gasteiger charge is -1.97. The smallest absolute Gasteiger partial charge is 0.329 e. The molecule has 0 saturated heterocycles. The van der Waals surface area contributed by atoms with Gasteiger partial charge in [0.1, 0.15) is 6.29 Å². The van der Waals surface area contributed by atoms with E-state index in [-0.39, 0.29) is 12.2 Å². The summed E-state index contributed by atoms with van der Waals surface area (Å²) in [7, 11) is 0. The van der Waals surface area contributed by atoms with Crippen molar-refractivity contribution in [3.63, 3.8) is 0 Å². The highest BCUT2D eigenvalue weighted by molar-refractivity contribution is 5.58. The van der Waals surface area contributed by atoms with Crippen LogP contribution in [0.25, 0.3) is 11.4 Å². The number of nitrogens with zero attached hydrogens (tertiary/aromatic N) is 2. The molecule has 0 radical (unpaired) electrons. The summed E-state index contributed by atoms with van der Waals surface area (Å²) in [6.45, 7) is 0. The molecule has 18 heavy (non-hydrogen) atoms. The highest BCUT2D eigenvalue weighted by Crippen LogP contribution is 2.29. The van der Waals surface area contributed by atoms with E-state index in [1.807, 2.05) is 0 Å². The fourth-order valence-corrected chi connectivity index (χ4v) is 1.34. The Balaban J connectivity index is 2.26. The van der Waals surface area contributed by atoms with Crippen LogP contribution in [-0.4, -0.2) is 16.4 Å². The van der Waals surface area contributed by atoms with Crippen molar-refractivity contribution in [2.24, 2.45) is 0 Å². The van der Waals surface area contributed by atoms with Crippen LogP contribution in [0.15, 0.2) is 28.8 Å². The predicted octanol–water partition coefficient (Wildman–Crippen LogP) is 2.50. The van der Waals surface area contributed by atoms with Crippen molar-refractivity contribution in [3.05, 3.63) is 35.7 Å². The average molecular weight is 256 g/mol. The lowest BCUT2D eigenvalue weighted by atomic mass is 10.1. The molecule has 2 aromatic rings. The van der Waals surface area contributed by atoms with Gasteiger partial charge in [0.25, 0.3) is 0 Å². The van der Waals surface area contributed by atoms with Gasteiger partial charge in [-0.15, -0.1) is 0 Å². The molecule has 0 unspecified atom stereocenters. The molecule has 1 heterocycles. The van der Waals surface area contributed by atoms with Crippen LogP contribution < -0.4 is 0 Å². The molecule has 0 aliphatic heterocycles. The summed E-state index contributed by atoms with van der Waals surface area (Å²) in [6.07, 6.45) is -3.66. The fraction of sp³-hybridized carbons (Fsp3) is 0.182. The second-order valence-electron chi connectivity index (χ2n) is 3.49. The molecule has 94 valence electrons. The van der Waals surface area contributed by atoms with Crippen molar-refractivity contribution < 1.29 is 22.5 Å². The first-order valence-electron chi connectivity index (χ1n) is 4.94. The summed E-state index contributed by atoms with van der Waals surface area (Å²) >= 11 is 0. The quantitative estimate of drug-likeness (QED) is 0.792. The van der Waals surface area contributed by atoms with Crippen molar-refractivity contribution in [2.45, 2.75) is 12.6 Å². The van der Waals surface area contributed by atoms with Gasteiger partial charge in [0, 0.05) is 12.0 Å². The third-order valence-electron chi connectivity index (χ3n) is 2.20. The summed E-state index contributed by atoms with van der Waals surface area (Å²) in [4.78, 5) is 13.5. The number of hydrogen-bond donors (Lipinski definition) is 0. The van der Waals surface area contributed by atoms with E-state index in [1.165, 1.54) is 12.1 Å². The molecule has 0 bridgehead atoms. The molecule has 1 aromatic heterocycles. The number of aldehydes is 1. The standard InChI is InChI=1S/C11H7F3N2O2/c12-11(13,14)10-15-9(16-18-10)8-3-1-7(2-4-8)5-6-17/h1-4,6H,5H2. The molecular formula is C11H7F3N2O2. The summed E-state index contributed by atoms with van der Waals surface area (Å²) in [5.74, 6) is -1.52. The van der Waals surface area contributed by atoms with Gasteiger partial charge < -0.3 is 9.32 Å². The number of rotatable bonds is 3. The number of carbonyl (C=O) groups is 1. The number of benzene rings is 1. The lowest BCUT2D eigenvalue weighted by molar-refractivity contribution is -0.159. The van der Waals surface area contributed by atoms with E-state index in [1.54, 1.807) is 12.1 Å². The molecule has 0 atom stereocenters. The minimum atomic E-state index is -4.65. The Morgan fingerprint density at radius 3 is 2.39 bits per heavy atom. The summed E-state index contributed by atoms with van der Waals surface area (Å²) < 4.78 is 40.9. The third-order valence-corrected chi connectivity index (χ3v) is 2.20. The number of aromatic nitrogens is 2. The van der Waals surface area contributed by atoms with Crippen LogP contribution in [0.5, 0.6) is 0 Å². The zero-order valence-corrected chi connectivity index (χ0v) is 8.94. The maximum atomic E-state index is 12.2. The average Bonchev–Trinajstić information content (AvgIpc) is 2.79. The van der Waals surface area contributed by atoms with Gasteiger partial charge in [0.05, 0.1) is 0 Å². The monoisotopic (exact) mass is 256 g/mol. The topological polar surface area (TPSA) is 56.0 Å². The van der Waals surface area contributed by atoms with Crippen LogP contribution in [0.2, 0.25) is 0 Å². The van der Waals surface area contributed by atoms with Gasteiger partial charge in [-0.1, -0.05) is 29.4 Å². The number of alkyl halides is 3. The molecule has 0 amide bonds. The molecule has 2 rings (SSSR count). The normalized spacial score (nSPS) is 11.5. The van der Waals surface area contributed by atoms with Crippen LogP contribution in [0.3, 0.4) is 0 Å². The van der Waals surface area contributed by atoms with Crippen LogP contribution in [0.1, 0.15) is 11.5 Å². The van der Waals surface area contributed by atoms with E-state index in [2.05, 4.69) is 14.7 Å². The molecule has 1 aromatic carbocycles. The Kier molecular flexibility index (Phi) is 3.14. The third kappa shape index (κ3) is 2.55. The Morgan fingerprint density at radius 2 is 1.89 bits per heavy atom. The van der Waals surface area contributed by atoms with Crippen LogP contribution >= 0.6 is 0 Å². The number of carbonyl (C=O) groups excluding carboxylic acids is 1. The second-order valence-corrected chi connectivity index (χ2v) is 3.49. The van der Waals surface area contributed by atoms with E-state index < -0.39 is 12.1 Å². The Morgan fingerprint density at radius 1 is 1.22 bits per heavy atom. The van der Waals surface area contributed by atoms with Gasteiger partial charge in [-0.3, -0.25) is 0 Å². The van der Waals surface area contributed by atoms with Crippen LogP contribution in [0, 0.1) is 0 Å². The van der Waals surface area contributed by atoms with E-state index in [0.29, 0.717) is 5.56 Å². The number of halogens is 3. The minimum absolute atomic E-state index is 0.139. The van der Waals surface area contributed by atoms with E-state index in [9.17, 15) is 18.0 Å². The van der Waals surface area contributed by atoms with Gasteiger partial charge in [0.2, 0.25) is 5.82 Å². The molecule has 0 aliphatic carbocycles. The zero-order valence-electron chi connectivity index (χ0n) is 8.94. The van der Waals surface area contributed by atoms with E-state index in [0.717, 1.165) is 11.8 Å². The highest BCUT2D eigenvalue weighted by Gasteiger charge is 2.38. The van der Waals surface area contributed by atoms with Crippen molar-refractivity contribution in [1.29, 1.82) is 0 Å². The lowest BCUT2D eigenvalue weighted by Crippen LogP contribution is -2.04. The largest absolute Gasteiger partial charge is 0.471 e. The molecule has 0 N–H and O–H groups in total. The SMILES string of the molecule is O=CCc1ccc(-c2noc(C(F)(F)F)n2)cc1. The fourth-order valence-electron chi connectivity index (χ4n) is 1.34. The van der Waals surface area contributed by atoms with Gasteiger partial charge in [-0.25, -0.2) is 0 Å². The van der Waals surface area contributed by atoms with Crippen molar-refractivity contribution in [3.8, 4) is 11.4 Å². The van der Waals surface area contributed by atoms with Crippen molar-refractivity contribution >= 4 is 6.29 Å². The van der Waals surface area contributed by atoms with E-state index in [4.69, 9.17) is 0 Å². The molecule has 4 nitrogen and oxygen atoms in total. The Hall–Kier alpha value is -2.18. The summed E-state index contributed by atoms with van der Waals surface area (Å²) in [5.41, 5.74) is 1.15. The van der Waals surface area contributed by atoms with Gasteiger partial charge in [-0.2, -0.15) is 18.2 Å². The zero-order chi connectivity index (χ0) is 13.2. The maximum Gasteiger partial charge on any atom is 0.471 e. The van der Waals surface area contributed by atoms with Crippen molar-refractivity contribution in [1.82, 2.24) is 10.1 Å². The molecule has 0 saturated carbocycles. The van der Waals surface area contributed by atoms with Crippen LogP contribution in [0.4, 0.5) is 13.2 Å². The molecule has 7 heteroatoms. The predicted molar refractivity (Wildman–Crippen MR) is 54.5 cm³/mol. The van der Waals surface area contributed by atoms with Gasteiger partial charge in [0.15, 0.2) is 0 Å². The van der Waals surface area contributed by atoms with E-state index >= 15 is 0 Å². The Labute approximate surface area is 99.4 Å². The molecular weight excluding hydrogens is 249 g/mol. The molecule has 0 spiro atoms. The minimum Gasteiger partial charge on any atom is -0.329 e. The first-order valence-corrected chi connectivity index (χ1v) is 4.94. The molecule has 0 fully saturated rings. The number of hydrogen-bond acceptors (Lipinski definition) is 4.